The number of nitrogens with two attached hydrogens (primary N) is 1. The predicted octanol–water partition coefficient (Wildman–Crippen LogP) is 4.18. The minimum atomic E-state index is 0.243. The van der Waals surface area contributed by atoms with Gasteiger partial charge in [-0.3, -0.25) is 0 Å². The van der Waals surface area contributed by atoms with Crippen molar-refractivity contribution in [2.75, 3.05) is 18.0 Å². The maximum Gasteiger partial charge on any atom is 0.0445 e. The molecule has 2 nitrogen and oxygen atoms in total. The molecule has 1 fully saturated rings. The van der Waals surface area contributed by atoms with Crippen LogP contribution < -0.4 is 10.6 Å². The third-order valence-electron chi connectivity index (χ3n) is 5.20. The molecule has 0 saturated heterocycles. The number of hydrogen-bond donors (Lipinski definition) is 1. The van der Waals surface area contributed by atoms with Crippen molar-refractivity contribution in [1.82, 2.24) is 0 Å². The van der Waals surface area contributed by atoms with Gasteiger partial charge in [-0.2, -0.15) is 0 Å². The Labute approximate surface area is 127 Å². The first-order valence-corrected chi connectivity index (χ1v) is 8.12. The van der Waals surface area contributed by atoms with E-state index in [0.717, 1.165) is 13.1 Å². The van der Waals surface area contributed by atoms with Gasteiger partial charge in [0.25, 0.3) is 0 Å². The Bertz CT molecular complexity index is 616. The molecule has 0 bridgehead atoms. The van der Waals surface area contributed by atoms with Crippen molar-refractivity contribution in [3.05, 3.63) is 42.5 Å². The number of hydrogen-bond acceptors (Lipinski definition) is 2. The first-order valence-electron chi connectivity index (χ1n) is 8.12. The smallest absolute Gasteiger partial charge is 0.0445 e. The van der Waals surface area contributed by atoms with Crippen LogP contribution in [0.2, 0.25) is 0 Å². The van der Waals surface area contributed by atoms with Crippen molar-refractivity contribution in [2.45, 2.75) is 39.2 Å². The van der Waals surface area contributed by atoms with Crippen molar-refractivity contribution in [3.8, 4) is 0 Å². The summed E-state index contributed by atoms with van der Waals surface area (Å²) in [6.07, 6.45) is 3.68. The van der Waals surface area contributed by atoms with Crippen molar-refractivity contribution in [1.29, 1.82) is 0 Å². The van der Waals surface area contributed by atoms with Gasteiger partial charge < -0.3 is 10.6 Å². The second-order valence-electron chi connectivity index (χ2n) is 6.67. The fourth-order valence-electron chi connectivity index (χ4n) is 3.74. The van der Waals surface area contributed by atoms with E-state index in [4.69, 9.17) is 5.73 Å². The van der Waals surface area contributed by atoms with Gasteiger partial charge in [0.1, 0.15) is 0 Å². The summed E-state index contributed by atoms with van der Waals surface area (Å²) < 4.78 is 0. The summed E-state index contributed by atoms with van der Waals surface area (Å²) in [4.78, 5) is 2.51. The first kappa shape index (κ1) is 14.4. The molecule has 1 aliphatic carbocycles. The Balaban J connectivity index is 1.95. The number of rotatable bonds is 4. The van der Waals surface area contributed by atoms with E-state index in [9.17, 15) is 0 Å². The molecule has 0 heterocycles. The molecule has 0 spiro atoms. The van der Waals surface area contributed by atoms with Crippen molar-refractivity contribution >= 4 is 16.5 Å². The van der Waals surface area contributed by atoms with Gasteiger partial charge in [0.05, 0.1) is 0 Å². The maximum atomic E-state index is 6.38. The van der Waals surface area contributed by atoms with Crippen LogP contribution in [0.15, 0.2) is 42.5 Å². The minimum absolute atomic E-state index is 0.243. The molecule has 2 heteroatoms. The monoisotopic (exact) mass is 282 g/mol. The lowest BCUT2D eigenvalue weighted by molar-refractivity contribution is 0.298. The van der Waals surface area contributed by atoms with Gasteiger partial charge in [0.2, 0.25) is 0 Å². The third kappa shape index (κ3) is 2.65. The van der Waals surface area contributed by atoms with E-state index in [0.29, 0.717) is 6.04 Å². The summed E-state index contributed by atoms with van der Waals surface area (Å²) >= 11 is 0. The third-order valence-corrected chi connectivity index (χ3v) is 5.20. The van der Waals surface area contributed by atoms with Crippen molar-refractivity contribution < 1.29 is 0 Å². The molecule has 21 heavy (non-hydrogen) atoms. The molecular weight excluding hydrogens is 256 g/mol. The zero-order valence-electron chi connectivity index (χ0n) is 13.2. The van der Waals surface area contributed by atoms with E-state index in [2.05, 4.69) is 61.2 Å². The van der Waals surface area contributed by atoms with Gasteiger partial charge in [-0.1, -0.05) is 49.7 Å². The van der Waals surface area contributed by atoms with Crippen molar-refractivity contribution in [3.63, 3.8) is 0 Å². The Morgan fingerprint density at radius 2 is 1.95 bits per heavy atom. The topological polar surface area (TPSA) is 29.3 Å². The second-order valence-corrected chi connectivity index (χ2v) is 6.67. The lowest BCUT2D eigenvalue weighted by atomic mass is 9.84. The number of nitrogens with zero attached hydrogens (tertiary/aromatic N) is 1. The molecule has 112 valence electrons. The second kappa shape index (κ2) is 5.69. The van der Waals surface area contributed by atoms with Gasteiger partial charge in [0, 0.05) is 35.6 Å². The molecule has 1 saturated carbocycles. The number of fused-ring (bicyclic) bond motifs is 1. The highest BCUT2D eigenvalue weighted by molar-refractivity contribution is 5.94. The Hall–Kier alpha value is -1.54. The van der Waals surface area contributed by atoms with Crippen LogP contribution in [0.3, 0.4) is 0 Å². The highest BCUT2D eigenvalue weighted by atomic mass is 15.1. The predicted molar refractivity (Wildman–Crippen MR) is 91.8 cm³/mol. The normalized spacial score (nSPS) is 25.4. The number of anilines is 1. The van der Waals surface area contributed by atoms with E-state index in [1.54, 1.807) is 0 Å². The summed E-state index contributed by atoms with van der Waals surface area (Å²) in [6, 6.07) is 15.6. The summed E-state index contributed by atoms with van der Waals surface area (Å²) in [7, 11) is 0. The molecule has 0 radical (unpaired) electrons. The van der Waals surface area contributed by atoms with Gasteiger partial charge in [-0.05, 0) is 31.2 Å². The summed E-state index contributed by atoms with van der Waals surface area (Å²) in [5.74, 6) is 0. The van der Waals surface area contributed by atoms with E-state index >= 15 is 0 Å². The maximum absolute atomic E-state index is 6.38. The summed E-state index contributed by atoms with van der Waals surface area (Å²) in [5.41, 5.74) is 7.97. The average Bonchev–Trinajstić information content (AvgIpc) is 2.84. The minimum Gasteiger partial charge on any atom is -0.371 e. The van der Waals surface area contributed by atoms with Crippen molar-refractivity contribution in [2.24, 2.45) is 11.1 Å². The molecule has 2 atom stereocenters. The lowest BCUT2D eigenvalue weighted by Crippen LogP contribution is -2.44. The average molecular weight is 282 g/mol. The fourth-order valence-corrected chi connectivity index (χ4v) is 3.74. The molecule has 2 unspecified atom stereocenters. The van der Waals surface area contributed by atoms with Gasteiger partial charge in [-0.15, -0.1) is 0 Å². The number of benzene rings is 2. The molecule has 1 aliphatic rings. The Morgan fingerprint density at radius 1 is 1.19 bits per heavy atom. The van der Waals surface area contributed by atoms with Crippen LogP contribution in [0.5, 0.6) is 0 Å². The molecule has 0 aliphatic heterocycles. The van der Waals surface area contributed by atoms with Gasteiger partial charge in [-0.25, -0.2) is 0 Å². The molecule has 0 amide bonds. The molecule has 0 aromatic heterocycles. The molecule has 3 rings (SSSR count). The highest BCUT2D eigenvalue weighted by Crippen LogP contribution is 2.39. The van der Waals surface area contributed by atoms with Crippen LogP contribution in [0.1, 0.15) is 33.1 Å². The van der Waals surface area contributed by atoms with Gasteiger partial charge >= 0.3 is 0 Å². The van der Waals surface area contributed by atoms with E-state index < -0.39 is 0 Å². The van der Waals surface area contributed by atoms with Crippen LogP contribution in [0.25, 0.3) is 10.8 Å². The largest absolute Gasteiger partial charge is 0.371 e. The van der Waals surface area contributed by atoms with Crippen LogP contribution in [0.4, 0.5) is 5.69 Å². The van der Waals surface area contributed by atoms with Gasteiger partial charge in [0.15, 0.2) is 0 Å². The van der Waals surface area contributed by atoms with Crippen LogP contribution in [-0.4, -0.2) is 19.1 Å². The Kier molecular flexibility index (Phi) is 3.90. The summed E-state index contributed by atoms with van der Waals surface area (Å²) in [6.45, 7) is 6.68. The van der Waals surface area contributed by atoms with E-state index in [-0.39, 0.29) is 5.41 Å². The molecule has 2 aromatic carbocycles. The quantitative estimate of drug-likeness (QED) is 0.911. The SMILES string of the molecule is CCN(CC1(C)CCCC1N)c1cccc2ccccc12. The van der Waals surface area contributed by atoms with Crippen LogP contribution in [0, 0.1) is 5.41 Å². The lowest BCUT2D eigenvalue weighted by Gasteiger charge is -2.37. The molecule has 2 aromatic rings. The van der Waals surface area contributed by atoms with Crippen LogP contribution >= 0.6 is 0 Å². The zero-order chi connectivity index (χ0) is 14.9. The zero-order valence-corrected chi connectivity index (χ0v) is 13.2. The first-order chi connectivity index (χ1) is 10.1. The molecule has 2 N–H and O–H groups in total. The molecular formula is C19H26N2. The summed E-state index contributed by atoms with van der Waals surface area (Å²) in [5, 5.41) is 2.66. The van der Waals surface area contributed by atoms with Crippen LogP contribution in [-0.2, 0) is 0 Å². The highest BCUT2D eigenvalue weighted by Gasteiger charge is 2.37. The fraction of sp³-hybridized carbons (Fsp3) is 0.474. The standard InChI is InChI=1S/C19H26N2/c1-3-21(14-19(2)13-7-12-18(19)20)17-11-6-9-15-8-4-5-10-16(15)17/h4-6,8-11,18H,3,7,12-14,20H2,1-2H3. The van der Waals surface area contributed by atoms with E-state index in [1.165, 1.54) is 35.7 Å². The van der Waals surface area contributed by atoms with E-state index in [1.807, 2.05) is 0 Å². The Morgan fingerprint density at radius 3 is 2.67 bits per heavy atom.